The highest BCUT2D eigenvalue weighted by Gasteiger charge is 2.41. The molecule has 0 aliphatic carbocycles. The molecule has 148 valence electrons. The summed E-state index contributed by atoms with van der Waals surface area (Å²) in [7, 11) is 0. The van der Waals surface area contributed by atoms with Crippen molar-refractivity contribution >= 4 is 40.9 Å². The van der Waals surface area contributed by atoms with Crippen LogP contribution in [0.5, 0.6) is 0 Å². The maximum absolute atomic E-state index is 12.6. The first-order valence-corrected chi connectivity index (χ1v) is 9.53. The van der Waals surface area contributed by atoms with Gasteiger partial charge in [-0.3, -0.25) is 9.69 Å². The standard InChI is InChI=1S/C19H25ClN2O4S/c1-12(23)25-15-9-16(22(11-15)18(24)26-19(2,3)4)17(27)21-10-13-5-7-14(20)8-6-13/h5-8,15-16H,9-11H2,1-4H3,(H,21,27)/t15-,16-/m1/s1. The van der Waals surface area contributed by atoms with Gasteiger partial charge in [-0.15, -0.1) is 0 Å². The van der Waals surface area contributed by atoms with Crippen LogP contribution in [0.15, 0.2) is 24.3 Å². The number of nitrogens with zero attached hydrogens (tertiary/aromatic N) is 1. The normalized spacial score (nSPS) is 19.5. The summed E-state index contributed by atoms with van der Waals surface area (Å²) in [5, 5.41) is 3.84. The first-order valence-electron chi connectivity index (χ1n) is 8.74. The SMILES string of the molecule is CC(=O)O[C@@H]1C[C@H](C(=S)NCc2ccc(Cl)cc2)N(C(=O)OC(C)(C)C)C1. The third kappa shape index (κ3) is 6.66. The molecule has 0 spiro atoms. The maximum atomic E-state index is 12.6. The molecule has 1 aliphatic heterocycles. The molecule has 2 rings (SSSR count). The monoisotopic (exact) mass is 412 g/mol. The topological polar surface area (TPSA) is 67.9 Å². The zero-order chi connectivity index (χ0) is 20.2. The van der Waals surface area contributed by atoms with Crippen molar-refractivity contribution in [2.24, 2.45) is 0 Å². The van der Waals surface area contributed by atoms with Gasteiger partial charge in [0.05, 0.1) is 17.6 Å². The Kier molecular flexibility index (Phi) is 7.06. The van der Waals surface area contributed by atoms with E-state index in [1.807, 2.05) is 12.1 Å². The molecule has 1 heterocycles. The largest absolute Gasteiger partial charge is 0.461 e. The lowest BCUT2D eigenvalue weighted by molar-refractivity contribution is -0.145. The van der Waals surface area contributed by atoms with Crippen LogP contribution < -0.4 is 5.32 Å². The Hall–Kier alpha value is -1.86. The number of carbonyl (C=O) groups excluding carboxylic acids is 2. The van der Waals surface area contributed by atoms with Crippen LogP contribution in [0.4, 0.5) is 4.79 Å². The molecule has 1 N–H and O–H groups in total. The summed E-state index contributed by atoms with van der Waals surface area (Å²) in [4.78, 5) is 25.9. The Morgan fingerprint density at radius 2 is 1.93 bits per heavy atom. The molecule has 27 heavy (non-hydrogen) atoms. The summed E-state index contributed by atoms with van der Waals surface area (Å²) in [6.07, 6.45) is -0.446. The summed E-state index contributed by atoms with van der Waals surface area (Å²) in [6, 6.07) is 7.02. The Labute approximate surface area is 170 Å². The van der Waals surface area contributed by atoms with Crippen molar-refractivity contribution in [2.45, 2.75) is 58.4 Å². The van der Waals surface area contributed by atoms with Crippen LogP contribution in [0.1, 0.15) is 39.7 Å². The van der Waals surface area contributed by atoms with Crippen molar-refractivity contribution in [3.63, 3.8) is 0 Å². The molecule has 0 unspecified atom stereocenters. The predicted molar refractivity (Wildman–Crippen MR) is 108 cm³/mol. The molecule has 1 aromatic rings. The molecule has 1 aliphatic rings. The average Bonchev–Trinajstić information content (AvgIpc) is 2.96. The van der Waals surface area contributed by atoms with Crippen LogP contribution in [0.3, 0.4) is 0 Å². The van der Waals surface area contributed by atoms with E-state index in [0.29, 0.717) is 23.0 Å². The minimum absolute atomic E-state index is 0.252. The first-order chi connectivity index (χ1) is 12.5. The smallest absolute Gasteiger partial charge is 0.411 e. The highest BCUT2D eigenvalue weighted by atomic mass is 35.5. The minimum Gasteiger partial charge on any atom is -0.461 e. The zero-order valence-electron chi connectivity index (χ0n) is 16.0. The molecule has 1 fully saturated rings. The van der Waals surface area contributed by atoms with E-state index in [2.05, 4.69) is 5.32 Å². The molecule has 0 bridgehead atoms. The highest BCUT2D eigenvalue weighted by molar-refractivity contribution is 7.80. The van der Waals surface area contributed by atoms with Crippen LogP contribution in [0.2, 0.25) is 5.02 Å². The van der Waals surface area contributed by atoms with Gasteiger partial charge in [0.15, 0.2) is 0 Å². The number of nitrogens with one attached hydrogen (secondary N) is 1. The van der Waals surface area contributed by atoms with Gasteiger partial charge in [0.2, 0.25) is 0 Å². The van der Waals surface area contributed by atoms with E-state index in [1.165, 1.54) is 11.8 Å². The van der Waals surface area contributed by atoms with Crippen LogP contribution in [-0.4, -0.2) is 46.2 Å². The number of hydrogen-bond acceptors (Lipinski definition) is 5. The lowest BCUT2D eigenvalue weighted by Crippen LogP contribution is -2.46. The third-order valence-corrected chi connectivity index (χ3v) is 4.57. The fourth-order valence-electron chi connectivity index (χ4n) is 2.80. The van der Waals surface area contributed by atoms with Crippen molar-refractivity contribution in [2.75, 3.05) is 6.54 Å². The molecule has 1 aromatic carbocycles. The Balaban J connectivity index is 2.06. The highest BCUT2D eigenvalue weighted by Crippen LogP contribution is 2.24. The van der Waals surface area contributed by atoms with Gasteiger partial charge in [-0.2, -0.15) is 0 Å². The van der Waals surface area contributed by atoms with Gasteiger partial charge in [0.1, 0.15) is 11.7 Å². The van der Waals surface area contributed by atoms with Crippen LogP contribution in [0, 0.1) is 0 Å². The van der Waals surface area contributed by atoms with E-state index >= 15 is 0 Å². The molecular weight excluding hydrogens is 388 g/mol. The predicted octanol–water partition coefficient (Wildman–Crippen LogP) is 3.70. The summed E-state index contributed by atoms with van der Waals surface area (Å²) in [5.74, 6) is -0.384. The summed E-state index contributed by atoms with van der Waals surface area (Å²) in [5.41, 5.74) is 0.388. The van der Waals surface area contributed by atoms with Crippen molar-refractivity contribution < 1.29 is 19.1 Å². The third-order valence-electron chi connectivity index (χ3n) is 3.91. The van der Waals surface area contributed by atoms with Gasteiger partial charge in [0, 0.05) is 24.9 Å². The molecule has 8 heteroatoms. The number of amides is 1. The summed E-state index contributed by atoms with van der Waals surface area (Å²) < 4.78 is 10.8. The molecule has 0 saturated carbocycles. The van der Waals surface area contributed by atoms with Crippen LogP contribution >= 0.6 is 23.8 Å². The molecule has 1 saturated heterocycles. The molecule has 6 nitrogen and oxygen atoms in total. The summed E-state index contributed by atoms with van der Waals surface area (Å²) in [6.45, 7) is 7.51. The Morgan fingerprint density at radius 1 is 1.30 bits per heavy atom. The average molecular weight is 413 g/mol. The number of halogens is 1. The van der Waals surface area contributed by atoms with Gasteiger partial charge in [-0.25, -0.2) is 4.79 Å². The second-order valence-electron chi connectivity index (χ2n) is 7.46. The van der Waals surface area contributed by atoms with Gasteiger partial charge in [-0.05, 0) is 38.5 Å². The molecule has 1 amide bonds. The van der Waals surface area contributed by atoms with E-state index in [1.54, 1.807) is 32.9 Å². The van der Waals surface area contributed by atoms with Crippen molar-refractivity contribution in [1.29, 1.82) is 0 Å². The van der Waals surface area contributed by atoms with Gasteiger partial charge in [-0.1, -0.05) is 36.0 Å². The van der Waals surface area contributed by atoms with E-state index in [9.17, 15) is 9.59 Å². The molecule has 0 radical (unpaired) electrons. The quantitative estimate of drug-likeness (QED) is 0.600. The van der Waals surface area contributed by atoms with E-state index in [0.717, 1.165) is 5.56 Å². The Morgan fingerprint density at radius 3 is 2.48 bits per heavy atom. The number of ether oxygens (including phenoxy) is 2. The fraction of sp³-hybridized carbons (Fsp3) is 0.526. The second kappa shape index (κ2) is 8.89. The van der Waals surface area contributed by atoms with Gasteiger partial charge < -0.3 is 14.8 Å². The number of carbonyl (C=O) groups is 2. The number of esters is 1. The van der Waals surface area contributed by atoms with E-state index in [-0.39, 0.29) is 12.5 Å². The number of likely N-dealkylation sites (tertiary alicyclic amines) is 1. The lowest BCUT2D eigenvalue weighted by atomic mass is 10.1. The number of thiocarbonyl (C=S) groups is 1. The molecule has 0 aromatic heterocycles. The van der Waals surface area contributed by atoms with E-state index in [4.69, 9.17) is 33.3 Å². The van der Waals surface area contributed by atoms with Crippen LogP contribution in [0.25, 0.3) is 0 Å². The Bertz CT molecular complexity index is 703. The van der Waals surface area contributed by atoms with Gasteiger partial charge in [0.25, 0.3) is 0 Å². The number of rotatable bonds is 4. The number of hydrogen-bond donors (Lipinski definition) is 1. The molecule has 2 atom stereocenters. The van der Waals surface area contributed by atoms with Crippen molar-refractivity contribution in [3.05, 3.63) is 34.9 Å². The minimum atomic E-state index is -0.625. The van der Waals surface area contributed by atoms with Crippen molar-refractivity contribution in [3.8, 4) is 0 Å². The number of benzene rings is 1. The van der Waals surface area contributed by atoms with Crippen LogP contribution in [-0.2, 0) is 20.8 Å². The van der Waals surface area contributed by atoms with Gasteiger partial charge >= 0.3 is 12.1 Å². The fourth-order valence-corrected chi connectivity index (χ4v) is 3.22. The summed E-state index contributed by atoms with van der Waals surface area (Å²) >= 11 is 11.4. The zero-order valence-corrected chi connectivity index (χ0v) is 17.5. The van der Waals surface area contributed by atoms with Crippen molar-refractivity contribution in [1.82, 2.24) is 10.2 Å². The lowest BCUT2D eigenvalue weighted by Gasteiger charge is -2.29. The first kappa shape index (κ1) is 21.4. The second-order valence-corrected chi connectivity index (χ2v) is 8.34. The maximum Gasteiger partial charge on any atom is 0.411 e. The van der Waals surface area contributed by atoms with E-state index < -0.39 is 23.8 Å². The molecular formula is C19H25ClN2O4S.